The molecule has 0 amide bonds. The summed E-state index contributed by atoms with van der Waals surface area (Å²) in [5.74, 6) is 1.26. The predicted molar refractivity (Wildman–Crippen MR) is 85.0 cm³/mol. The van der Waals surface area contributed by atoms with Crippen LogP contribution in [-0.4, -0.2) is 11.7 Å². The third-order valence-electron chi connectivity index (χ3n) is 3.85. The Morgan fingerprint density at radius 2 is 2.14 bits per heavy atom. The van der Waals surface area contributed by atoms with Gasteiger partial charge in [-0.2, -0.15) is 0 Å². The fourth-order valence-corrected chi connectivity index (χ4v) is 2.85. The lowest BCUT2D eigenvalue weighted by Crippen LogP contribution is -2.07. The number of hydrogen-bond donors (Lipinski definition) is 2. The third kappa shape index (κ3) is 3.13. The SMILES string of the molecule is CCCOc1cccc(NC2CCc3cc(O)ccc32)c1. The lowest BCUT2D eigenvalue weighted by Gasteiger charge is -2.16. The Balaban J connectivity index is 1.73. The molecule has 2 N–H and O–H groups in total. The summed E-state index contributed by atoms with van der Waals surface area (Å²) in [5.41, 5.74) is 3.60. The molecule has 21 heavy (non-hydrogen) atoms. The van der Waals surface area contributed by atoms with Crippen molar-refractivity contribution in [1.29, 1.82) is 0 Å². The Morgan fingerprint density at radius 3 is 3.00 bits per heavy atom. The van der Waals surface area contributed by atoms with Crippen molar-refractivity contribution in [2.45, 2.75) is 32.2 Å². The normalized spacial score (nSPS) is 16.5. The molecule has 1 atom stereocenters. The zero-order valence-corrected chi connectivity index (χ0v) is 12.3. The summed E-state index contributed by atoms with van der Waals surface area (Å²) in [4.78, 5) is 0. The molecule has 0 bridgehead atoms. The fraction of sp³-hybridized carbons (Fsp3) is 0.333. The van der Waals surface area contributed by atoms with E-state index in [1.807, 2.05) is 30.3 Å². The van der Waals surface area contributed by atoms with Gasteiger partial charge in [0.25, 0.3) is 0 Å². The average Bonchev–Trinajstić information content (AvgIpc) is 2.87. The molecule has 1 aliphatic carbocycles. The molecule has 0 fully saturated rings. The zero-order valence-electron chi connectivity index (χ0n) is 12.3. The number of hydrogen-bond acceptors (Lipinski definition) is 3. The van der Waals surface area contributed by atoms with Crippen LogP contribution in [0.4, 0.5) is 5.69 Å². The number of nitrogens with one attached hydrogen (secondary N) is 1. The third-order valence-corrected chi connectivity index (χ3v) is 3.85. The minimum Gasteiger partial charge on any atom is -0.508 e. The Hall–Kier alpha value is -2.16. The number of phenolic OH excluding ortho intramolecular Hbond substituents is 1. The van der Waals surface area contributed by atoms with Crippen LogP contribution in [0, 0.1) is 0 Å². The van der Waals surface area contributed by atoms with Gasteiger partial charge in [-0.1, -0.05) is 19.1 Å². The van der Waals surface area contributed by atoms with E-state index in [9.17, 15) is 5.11 Å². The van der Waals surface area contributed by atoms with Crippen LogP contribution >= 0.6 is 0 Å². The van der Waals surface area contributed by atoms with E-state index >= 15 is 0 Å². The molecule has 3 heteroatoms. The maximum Gasteiger partial charge on any atom is 0.121 e. The smallest absolute Gasteiger partial charge is 0.121 e. The van der Waals surface area contributed by atoms with Crippen molar-refractivity contribution in [3.63, 3.8) is 0 Å². The first kappa shape index (κ1) is 13.8. The van der Waals surface area contributed by atoms with Crippen LogP contribution in [0.15, 0.2) is 42.5 Å². The summed E-state index contributed by atoms with van der Waals surface area (Å²) >= 11 is 0. The van der Waals surface area contributed by atoms with Crippen molar-refractivity contribution in [2.75, 3.05) is 11.9 Å². The van der Waals surface area contributed by atoms with Crippen molar-refractivity contribution >= 4 is 5.69 Å². The number of fused-ring (bicyclic) bond motifs is 1. The molecule has 0 saturated carbocycles. The maximum absolute atomic E-state index is 9.55. The largest absolute Gasteiger partial charge is 0.508 e. The Morgan fingerprint density at radius 1 is 1.24 bits per heavy atom. The molecule has 0 heterocycles. The molecule has 3 nitrogen and oxygen atoms in total. The van der Waals surface area contributed by atoms with Gasteiger partial charge in [0.1, 0.15) is 11.5 Å². The molecular weight excluding hydrogens is 262 g/mol. The summed E-state index contributed by atoms with van der Waals surface area (Å²) in [7, 11) is 0. The van der Waals surface area contributed by atoms with Gasteiger partial charge in [0.05, 0.1) is 12.6 Å². The quantitative estimate of drug-likeness (QED) is 0.860. The molecular formula is C18H21NO2. The number of ether oxygens (including phenoxy) is 1. The second-order valence-corrected chi connectivity index (χ2v) is 5.50. The van der Waals surface area contributed by atoms with Crippen molar-refractivity contribution in [2.24, 2.45) is 0 Å². The Bertz CT molecular complexity index is 624. The molecule has 2 aromatic rings. The van der Waals surface area contributed by atoms with Gasteiger partial charge >= 0.3 is 0 Å². The minimum atomic E-state index is 0.307. The average molecular weight is 283 g/mol. The van der Waals surface area contributed by atoms with Gasteiger partial charge in [-0.05, 0) is 54.7 Å². The molecule has 1 aliphatic rings. The van der Waals surface area contributed by atoms with E-state index in [4.69, 9.17) is 4.74 Å². The maximum atomic E-state index is 9.55. The van der Waals surface area contributed by atoms with Gasteiger partial charge in [0, 0.05) is 11.8 Å². The number of aromatic hydroxyl groups is 1. The highest BCUT2D eigenvalue weighted by molar-refractivity contribution is 5.52. The van der Waals surface area contributed by atoms with Gasteiger partial charge in [-0.3, -0.25) is 0 Å². The number of phenols is 1. The van der Waals surface area contributed by atoms with E-state index in [-0.39, 0.29) is 0 Å². The molecule has 0 aliphatic heterocycles. The van der Waals surface area contributed by atoms with E-state index in [0.717, 1.165) is 37.3 Å². The summed E-state index contributed by atoms with van der Waals surface area (Å²) in [5, 5.41) is 13.1. The monoisotopic (exact) mass is 283 g/mol. The molecule has 0 radical (unpaired) electrons. The molecule has 0 saturated heterocycles. The van der Waals surface area contributed by atoms with Crippen molar-refractivity contribution in [3.05, 3.63) is 53.6 Å². The van der Waals surface area contributed by atoms with Crippen LogP contribution in [0.1, 0.15) is 36.9 Å². The van der Waals surface area contributed by atoms with Crippen LogP contribution in [0.3, 0.4) is 0 Å². The second-order valence-electron chi connectivity index (χ2n) is 5.50. The summed E-state index contributed by atoms with van der Waals surface area (Å²) in [6.45, 7) is 2.85. The first-order valence-corrected chi connectivity index (χ1v) is 7.57. The number of aryl methyl sites for hydroxylation is 1. The van der Waals surface area contributed by atoms with Gasteiger partial charge in [-0.15, -0.1) is 0 Å². The lowest BCUT2D eigenvalue weighted by molar-refractivity contribution is 0.317. The standard InChI is InChI=1S/C18H21NO2/c1-2-10-21-16-5-3-4-14(12-16)19-18-9-6-13-11-15(20)7-8-17(13)18/h3-5,7-8,11-12,18-20H,2,6,9-10H2,1H3. The van der Waals surface area contributed by atoms with Crippen LogP contribution in [0.5, 0.6) is 11.5 Å². The molecule has 3 rings (SSSR count). The van der Waals surface area contributed by atoms with Gasteiger partial charge in [-0.25, -0.2) is 0 Å². The predicted octanol–water partition coefficient (Wildman–Crippen LogP) is 4.28. The Kier molecular flexibility index (Phi) is 4.00. The van der Waals surface area contributed by atoms with Gasteiger partial charge in [0.2, 0.25) is 0 Å². The van der Waals surface area contributed by atoms with Crippen LogP contribution in [-0.2, 0) is 6.42 Å². The van der Waals surface area contributed by atoms with E-state index in [1.54, 1.807) is 6.07 Å². The minimum absolute atomic E-state index is 0.307. The molecule has 1 unspecified atom stereocenters. The van der Waals surface area contributed by atoms with Gasteiger partial charge in [0.15, 0.2) is 0 Å². The van der Waals surface area contributed by atoms with Crippen molar-refractivity contribution < 1.29 is 9.84 Å². The highest BCUT2D eigenvalue weighted by Gasteiger charge is 2.22. The number of anilines is 1. The first-order chi connectivity index (χ1) is 10.3. The van der Waals surface area contributed by atoms with E-state index in [1.165, 1.54) is 11.1 Å². The molecule has 110 valence electrons. The summed E-state index contributed by atoms with van der Waals surface area (Å²) in [6, 6.07) is 14.1. The van der Waals surface area contributed by atoms with Crippen LogP contribution < -0.4 is 10.1 Å². The molecule has 0 spiro atoms. The molecule has 0 aromatic heterocycles. The number of benzene rings is 2. The topological polar surface area (TPSA) is 41.5 Å². The highest BCUT2D eigenvalue weighted by atomic mass is 16.5. The number of rotatable bonds is 5. The summed E-state index contributed by atoms with van der Waals surface area (Å²) < 4.78 is 5.67. The van der Waals surface area contributed by atoms with Crippen molar-refractivity contribution in [3.8, 4) is 11.5 Å². The van der Waals surface area contributed by atoms with E-state index in [2.05, 4.69) is 18.3 Å². The van der Waals surface area contributed by atoms with E-state index < -0.39 is 0 Å². The van der Waals surface area contributed by atoms with Crippen LogP contribution in [0.2, 0.25) is 0 Å². The second kappa shape index (κ2) is 6.08. The molecule has 2 aromatic carbocycles. The lowest BCUT2D eigenvalue weighted by atomic mass is 10.1. The Labute approximate surface area is 125 Å². The first-order valence-electron chi connectivity index (χ1n) is 7.57. The summed E-state index contributed by atoms with van der Waals surface area (Å²) in [6.07, 6.45) is 3.07. The highest BCUT2D eigenvalue weighted by Crippen LogP contribution is 2.36. The zero-order chi connectivity index (χ0) is 14.7. The van der Waals surface area contributed by atoms with Crippen molar-refractivity contribution in [1.82, 2.24) is 0 Å². The van der Waals surface area contributed by atoms with E-state index in [0.29, 0.717) is 11.8 Å². The van der Waals surface area contributed by atoms with Crippen LogP contribution in [0.25, 0.3) is 0 Å². The fourth-order valence-electron chi connectivity index (χ4n) is 2.85. The van der Waals surface area contributed by atoms with Gasteiger partial charge < -0.3 is 15.2 Å².